The summed E-state index contributed by atoms with van der Waals surface area (Å²) in [7, 11) is 1.66. The Labute approximate surface area is 139 Å². The maximum atomic E-state index is 11.8. The Morgan fingerprint density at radius 2 is 1.52 bits per heavy atom. The molecule has 0 spiro atoms. The van der Waals surface area contributed by atoms with E-state index >= 15 is 0 Å². The number of benzene rings is 3. The molecule has 1 atom stereocenters. The smallest absolute Gasteiger partial charge is 0.142 e. The van der Waals surface area contributed by atoms with E-state index in [9.17, 15) is 5.11 Å². The van der Waals surface area contributed by atoms with Gasteiger partial charge in [-0.15, -0.1) is 0 Å². The normalized spacial score (nSPS) is 18.9. The minimum Gasteiger partial charge on any atom is -0.497 e. The van der Waals surface area contributed by atoms with Crippen LogP contribution in [0.5, 0.6) is 5.75 Å². The van der Waals surface area contributed by atoms with Crippen LogP contribution in [0.25, 0.3) is 0 Å². The molecule has 23 heavy (non-hydrogen) atoms. The number of aliphatic hydroxyl groups is 1. The molecule has 1 aliphatic rings. The molecule has 1 unspecified atom stereocenters. The molecular formula is C20H16O2S. The van der Waals surface area contributed by atoms with Crippen LogP contribution in [-0.4, -0.2) is 12.2 Å². The van der Waals surface area contributed by atoms with E-state index in [1.807, 2.05) is 66.7 Å². The van der Waals surface area contributed by atoms with Gasteiger partial charge in [-0.3, -0.25) is 0 Å². The summed E-state index contributed by atoms with van der Waals surface area (Å²) in [5.74, 6) is 0.797. The summed E-state index contributed by atoms with van der Waals surface area (Å²) in [6.45, 7) is 0. The summed E-state index contributed by atoms with van der Waals surface area (Å²) < 4.78 is 5.35. The van der Waals surface area contributed by atoms with Crippen molar-refractivity contribution < 1.29 is 9.84 Å². The predicted molar refractivity (Wildman–Crippen MR) is 92.1 cm³/mol. The number of hydrogen-bond donors (Lipinski definition) is 1. The molecule has 0 aliphatic carbocycles. The molecule has 0 bridgehead atoms. The average molecular weight is 320 g/mol. The van der Waals surface area contributed by atoms with Crippen LogP contribution in [0.15, 0.2) is 82.6 Å². The first-order chi connectivity index (χ1) is 11.2. The minimum absolute atomic E-state index is 0.797. The van der Waals surface area contributed by atoms with Crippen molar-refractivity contribution >= 4 is 11.8 Å². The Bertz CT molecular complexity index is 861. The third kappa shape index (κ3) is 2.16. The molecule has 3 aromatic carbocycles. The number of methoxy groups -OCH3 is 1. The SMILES string of the molecule is COc1ccc2c(c1)Sc1ccccc1C2(O)c1ccccc1. The van der Waals surface area contributed by atoms with Crippen molar-refractivity contribution in [2.45, 2.75) is 15.4 Å². The van der Waals surface area contributed by atoms with E-state index in [-0.39, 0.29) is 0 Å². The first-order valence-electron chi connectivity index (χ1n) is 7.47. The maximum absolute atomic E-state index is 11.8. The zero-order valence-corrected chi connectivity index (χ0v) is 13.5. The van der Waals surface area contributed by atoms with E-state index in [1.165, 1.54) is 0 Å². The van der Waals surface area contributed by atoms with Crippen LogP contribution in [-0.2, 0) is 5.60 Å². The topological polar surface area (TPSA) is 29.5 Å². The van der Waals surface area contributed by atoms with Crippen molar-refractivity contribution in [2.75, 3.05) is 7.11 Å². The van der Waals surface area contributed by atoms with Gasteiger partial charge in [-0.1, -0.05) is 66.4 Å². The van der Waals surface area contributed by atoms with Crippen LogP contribution in [0.3, 0.4) is 0 Å². The van der Waals surface area contributed by atoms with Gasteiger partial charge in [0.05, 0.1) is 7.11 Å². The Morgan fingerprint density at radius 1 is 0.826 bits per heavy atom. The van der Waals surface area contributed by atoms with Gasteiger partial charge in [0, 0.05) is 20.9 Å². The first-order valence-corrected chi connectivity index (χ1v) is 8.29. The molecule has 0 amide bonds. The lowest BCUT2D eigenvalue weighted by molar-refractivity contribution is 0.118. The molecule has 0 aromatic heterocycles. The lowest BCUT2D eigenvalue weighted by Gasteiger charge is -2.36. The van der Waals surface area contributed by atoms with Crippen molar-refractivity contribution in [3.05, 3.63) is 89.5 Å². The van der Waals surface area contributed by atoms with Crippen molar-refractivity contribution in [3.63, 3.8) is 0 Å². The number of rotatable bonds is 2. The minimum atomic E-state index is -1.15. The van der Waals surface area contributed by atoms with Gasteiger partial charge in [0.25, 0.3) is 0 Å². The quantitative estimate of drug-likeness (QED) is 0.757. The third-order valence-electron chi connectivity index (χ3n) is 4.27. The second-order valence-corrected chi connectivity index (χ2v) is 6.62. The summed E-state index contributed by atoms with van der Waals surface area (Å²) in [5, 5.41) is 11.8. The lowest BCUT2D eigenvalue weighted by atomic mass is 9.80. The molecule has 4 rings (SSSR count). The fraction of sp³-hybridized carbons (Fsp3) is 0.100. The monoisotopic (exact) mass is 320 g/mol. The predicted octanol–water partition coefficient (Wildman–Crippen LogP) is 4.44. The number of hydrogen-bond acceptors (Lipinski definition) is 3. The van der Waals surface area contributed by atoms with E-state index in [1.54, 1.807) is 18.9 Å². The molecule has 0 fully saturated rings. The molecule has 1 heterocycles. The molecule has 2 nitrogen and oxygen atoms in total. The molecule has 1 aliphatic heterocycles. The van der Waals surface area contributed by atoms with Gasteiger partial charge in [-0.25, -0.2) is 0 Å². The highest BCUT2D eigenvalue weighted by molar-refractivity contribution is 7.99. The van der Waals surface area contributed by atoms with Crippen LogP contribution >= 0.6 is 11.8 Å². The first kappa shape index (κ1) is 14.4. The summed E-state index contributed by atoms with van der Waals surface area (Å²) >= 11 is 1.67. The largest absolute Gasteiger partial charge is 0.497 e. The number of fused-ring (bicyclic) bond motifs is 2. The number of ether oxygens (including phenoxy) is 1. The highest BCUT2D eigenvalue weighted by atomic mass is 32.2. The van der Waals surface area contributed by atoms with Crippen molar-refractivity contribution in [1.29, 1.82) is 0 Å². The van der Waals surface area contributed by atoms with Gasteiger partial charge >= 0.3 is 0 Å². The van der Waals surface area contributed by atoms with E-state index in [4.69, 9.17) is 4.74 Å². The fourth-order valence-corrected chi connectivity index (χ4v) is 4.33. The van der Waals surface area contributed by atoms with Crippen LogP contribution in [0, 0.1) is 0 Å². The van der Waals surface area contributed by atoms with Gasteiger partial charge in [0.2, 0.25) is 0 Å². The van der Waals surface area contributed by atoms with Gasteiger partial charge in [-0.05, 0) is 23.8 Å². The maximum Gasteiger partial charge on any atom is 0.142 e. The molecule has 1 N–H and O–H groups in total. The van der Waals surface area contributed by atoms with Crippen LogP contribution in [0.2, 0.25) is 0 Å². The second-order valence-electron chi connectivity index (χ2n) is 5.54. The highest BCUT2D eigenvalue weighted by Crippen LogP contribution is 2.51. The van der Waals surface area contributed by atoms with Crippen LogP contribution < -0.4 is 4.74 Å². The van der Waals surface area contributed by atoms with Crippen molar-refractivity contribution in [2.24, 2.45) is 0 Å². The lowest BCUT2D eigenvalue weighted by Crippen LogP contribution is -2.32. The van der Waals surface area contributed by atoms with Crippen LogP contribution in [0.4, 0.5) is 0 Å². The molecule has 0 saturated carbocycles. The van der Waals surface area contributed by atoms with Crippen LogP contribution in [0.1, 0.15) is 16.7 Å². The molecular weight excluding hydrogens is 304 g/mol. The van der Waals surface area contributed by atoms with Gasteiger partial charge in [-0.2, -0.15) is 0 Å². The zero-order valence-electron chi connectivity index (χ0n) is 12.7. The standard InChI is InChI=1S/C20H16O2S/c1-22-15-11-12-17-19(13-15)23-18-10-6-5-9-16(18)20(17,21)14-7-3-2-4-8-14/h2-13,21H,1H3. The Morgan fingerprint density at radius 3 is 2.30 bits per heavy atom. The fourth-order valence-electron chi connectivity index (χ4n) is 3.12. The highest BCUT2D eigenvalue weighted by Gasteiger charge is 2.40. The van der Waals surface area contributed by atoms with E-state index in [0.29, 0.717) is 0 Å². The zero-order chi connectivity index (χ0) is 15.9. The Hall–Kier alpha value is -2.23. The van der Waals surface area contributed by atoms with Crippen molar-refractivity contribution in [1.82, 2.24) is 0 Å². The molecule has 3 aromatic rings. The summed E-state index contributed by atoms with van der Waals surface area (Å²) in [4.78, 5) is 2.09. The molecule has 3 heteroatoms. The molecule has 0 radical (unpaired) electrons. The van der Waals surface area contributed by atoms with Gasteiger partial charge < -0.3 is 9.84 Å². The van der Waals surface area contributed by atoms with Gasteiger partial charge in [0.15, 0.2) is 0 Å². The summed E-state index contributed by atoms with van der Waals surface area (Å²) in [5.41, 5.74) is 1.55. The Balaban J connectivity index is 2.02. The molecule has 0 saturated heterocycles. The molecule has 114 valence electrons. The van der Waals surface area contributed by atoms with E-state index in [0.717, 1.165) is 32.2 Å². The van der Waals surface area contributed by atoms with E-state index in [2.05, 4.69) is 6.07 Å². The van der Waals surface area contributed by atoms with E-state index < -0.39 is 5.60 Å². The van der Waals surface area contributed by atoms with Gasteiger partial charge in [0.1, 0.15) is 11.4 Å². The summed E-state index contributed by atoms with van der Waals surface area (Å²) in [6, 6.07) is 23.7. The second kappa shape index (κ2) is 5.44. The summed E-state index contributed by atoms with van der Waals surface area (Å²) in [6.07, 6.45) is 0. The van der Waals surface area contributed by atoms with Crippen molar-refractivity contribution in [3.8, 4) is 5.75 Å². The Kier molecular flexibility index (Phi) is 3.40. The third-order valence-corrected chi connectivity index (χ3v) is 5.40. The average Bonchev–Trinajstić information content (AvgIpc) is 2.62.